The van der Waals surface area contributed by atoms with Gasteiger partial charge in [-0.1, -0.05) is 25.6 Å². The summed E-state index contributed by atoms with van der Waals surface area (Å²) in [6.45, 7) is 1.95. The monoisotopic (exact) mass is 332 g/mol. The number of rotatable bonds is 5. The molecule has 1 atom stereocenters. The van der Waals surface area contributed by atoms with Gasteiger partial charge in [-0.15, -0.1) is 0 Å². The summed E-state index contributed by atoms with van der Waals surface area (Å²) in [7, 11) is 0. The van der Waals surface area contributed by atoms with Gasteiger partial charge in [-0.2, -0.15) is 0 Å². The van der Waals surface area contributed by atoms with Crippen molar-refractivity contribution in [3.8, 4) is 0 Å². The fourth-order valence-electron chi connectivity index (χ4n) is 1.50. The van der Waals surface area contributed by atoms with Crippen LogP contribution in [0.2, 0.25) is 0 Å². The molecule has 3 nitrogen and oxygen atoms in total. The van der Waals surface area contributed by atoms with Crippen LogP contribution in [0.4, 0.5) is 10.1 Å². The van der Waals surface area contributed by atoms with E-state index in [1.54, 1.807) is 0 Å². The second-order valence-electron chi connectivity index (χ2n) is 3.86. The van der Waals surface area contributed by atoms with Crippen LogP contribution < -0.4 is 11.1 Å². The third-order valence-corrected chi connectivity index (χ3v) is 3.37. The van der Waals surface area contributed by atoms with Crippen LogP contribution in [0, 0.1) is 11.7 Å². The van der Waals surface area contributed by atoms with E-state index < -0.39 is 5.92 Å². The van der Waals surface area contributed by atoms with Gasteiger partial charge in [0.1, 0.15) is 5.82 Å². The molecule has 1 amide bonds. The SMILES string of the molecule is CCCC(C(=O)Nc1ccc(F)cc1Br)C(N)=S. The van der Waals surface area contributed by atoms with Crippen molar-refractivity contribution in [2.24, 2.45) is 11.7 Å². The van der Waals surface area contributed by atoms with Gasteiger partial charge in [-0.25, -0.2) is 4.39 Å². The average Bonchev–Trinajstić information content (AvgIpc) is 2.29. The van der Waals surface area contributed by atoms with E-state index in [0.717, 1.165) is 6.42 Å². The third kappa shape index (κ3) is 4.03. The zero-order valence-corrected chi connectivity index (χ0v) is 12.3. The lowest BCUT2D eigenvalue weighted by atomic mass is 10.0. The van der Waals surface area contributed by atoms with Crippen LogP contribution in [0.5, 0.6) is 0 Å². The van der Waals surface area contributed by atoms with Crippen molar-refractivity contribution in [3.63, 3.8) is 0 Å². The maximum atomic E-state index is 12.9. The topological polar surface area (TPSA) is 55.1 Å². The molecular weight excluding hydrogens is 319 g/mol. The van der Waals surface area contributed by atoms with Crippen LogP contribution in [0.1, 0.15) is 19.8 Å². The lowest BCUT2D eigenvalue weighted by Gasteiger charge is -2.15. The summed E-state index contributed by atoms with van der Waals surface area (Å²) in [6.07, 6.45) is 1.40. The molecule has 0 saturated carbocycles. The van der Waals surface area contributed by atoms with Gasteiger partial charge < -0.3 is 11.1 Å². The van der Waals surface area contributed by atoms with Crippen LogP contribution >= 0.6 is 28.1 Å². The van der Waals surface area contributed by atoms with Gasteiger partial charge in [0.2, 0.25) is 5.91 Å². The van der Waals surface area contributed by atoms with Gasteiger partial charge in [-0.05, 0) is 40.5 Å². The highest BCUT2D eigenvalue weighted by Crippen LogP contribution is 2.24. The molecule has 0 saturated heterocycles. The first-order chi connectivity index (χ1) is 8.45. The van der Waals surface area contributed by atoms with Crippen LogP contribution in [0.25, 0.3) is 0 Å². The minimum atomic E-state index is -0.498. The lowest BCUT2D eigenvalue weighted by Crippen LogP contribution is -2.33. The van der Waals surface area contributed by atoms with Gasteiger partial charge in [-0.3, -0.25) is 4.79 Å². The second-order valence-corrected chi connectivity index (χ2v) is 5.18. The number of carbonyl (C=O) groups is 1. The van der Waals surface area contributed by atoms with Gasteiger partial charge >= 0.3 is 0 Å². The van der Waals surface area contributed by atoms with Crippen LogP contribution in [-0.4, -0.2) is 10.9 Å². The Kier molecular flexibility index (Phi) is 5.68. The van der Waals surface area contributed by atoms with Crippen molar-refractivity contribution in [1.82, 2.24) is 0 Å². The van der Waals surface area contributed by atoms with Crippen molar-refractivity contribution in [2.75, 3.05) is 5.32 Å². The Morgan fingerprint density at radius 1 is 1.61 bits per heavy atom. The summed E-state index contributed by atoms with van der Waals surface area (Å²) in [5.74, 6) is -1.14. The number of benzene rings is 1. The minimum absolute atomic E-state index is 0.174. The van der Waals surface area contributed by atoms with Crippen LogP contribution in [-0.2, 0) is 4.79 Å². The van der Waals surface area contributed by atoms with Crippen molar-refractivity contribution < 1.29 is 9.18 Å². The van der Waals surface area contributed by atoms with Crippen LogP contribution in [0.3, 0.4) is 0 Å². The molecule has 0 spiro atoms. The van der Waals surface area contributed by atoms with Gasteiger partial charge in [0.25, 0.3) is 0 Å². The number of halogens is 2. The van der Waals surface area contributed by atoms with Crippen molar-refractivity contribution in [1.29, 1.82) is 0 Å². The molecule has 18 heavy (non-hydrogen) atoms. The highest BCUT2D eigenvalue weighted by molar-refractivity contribution is 9.10. The van der Waals surface area contributed by atoms with E-state index in [4.69, 9.17) is 18.0 Å². The maximum absolute atomic E-state index is 12.9. The Labute approximate surface area is 119 Å². The number of anilines is 1. The second kappa shape index (κ2) is 6.80. The highest BCUT2D eigenvalue weighted by Gasteiger charge is 2.21. The molecule has 0 heterocycles. The Hall–Kier alpha value is -1.01. The molecule has 0 fully saturated rings. The molecule has 0 radical (unpaired) electrons. The summed E-state index contributed by atoms with van der Waals surface area (Å²) in [5.41, 5.74) is 6.04. The first-order valence-corrected chi connectivity index (χ1v) is 6.71. The molecule has 98 valence electrons. The zero-order valence-electron chi connectivity index (χ0n) is 9.87. The molecule has 1 rings (SSSR count). The standard InChI is InChI=1S/C12H14BrFN2OS/c1-2-3-8(11(15)18)12(17)16-10-5-4-7(14)6-9(10)13/h4-6,8H,2-3H2,1H3,(H2,15,18)(H,16,17). The van der Waals surface area contributed by atoms with E-state index in [9.17, 15) is 9.18 Å². The van der Waals surface area contributed by atoms with E-state index in [0.29, 0.717) is 16.6 Å². The highest BCUT2D eigenvalue weighted by atomic mass is 79.9. The maximum Gasteiger partial charge on any atom is 0.234 e. The molecule has 0 bridgehead atoms. The third-order valence-electron chi connectivity index (χ3n) is 2.43. The number of amides is 1. The predicted molar refractivity (Wildman–Crippen MR) is 77.9 cm³/mol. The normalized spacial score (nSPS) is 11.9. The number of thiocarbonyl (C=S) groups is 1. The van der Waals surface area contributed by atoms with Crippen molar-refractivity contribution >= 4 is 44.7 Å². The van der Waals surface area contributed by atoms with Gasteiger partial charge in [0.15, 0.2) is 0 Å². The molecule has 1 unspecified atom stereocenters. The molecule has 0 aliphatic heterocycles. The van der Waals surface area contributed by atoms with Gasteiger partial charge in [0.05, 0.1) is 16.6 Å². The Morgan fingerprint density at radius 3 is 2.78 bits per heavy atom. The fraction of sp³-hybridized carbons (Fsp3) is 0.333. The minimum Gasteiger partial charge on any atom is -0.393 e. The summed E-state index contributed by atoms with van der Waals surface area (Å²) >= 11 is 8.06. The largest absolute Gasteiger partial charge is 0.393 e. The molecular formula is C12H14BrFN2OS. The van der Waals surface area contributed by atoms with Crippen molar-refractivity contribution in [3.05, 3.63) is 28.5 Å². The molecule has 0 aliphatic carbocycles. The Bertz CT molecular complexity index is 467. The smallest absolute Gasteiger partial charge is 0.234 e. The number of carbonyl (C=O) groups excluding carboxylic acids is 1. The molecule has 6 heteroatoms. The Balaban J connectivity index is 2.82. The lowest BCUT2D eigenvalue weighted by molar-refractivity contribution is -0.118. The number of nitrogens with two attached hydrogens (primary N) is 1. The number of nitrogens with one attached hydrogen (secondary N) is 1. The first-order valence-electron chi connectivity index (χ1n) is 5.51. The number of hydrogen-bond acceptors (Lipinski definition) is 2. The quantitative estimate of drug-likeness (QED) is 0.814. The first kappa shape index (κ1) is 15.0. The average molecular weight is 333 g/mol. The molecule has 1 aromatic rings. The van der Waals surface area contributed by atoms with Crippen molar-refractivity contribution in [2.45, 2.75) is 19.8 Å². The van der Waals surface area contributed by atoms with Crippen LogP contribution in [0.15, 0.2) is 22.7 Å². The molecule has 0 aliphatic rings. The fourth-order valence-corrected chi connectivity index (χ4v) is 2.18. The van der Waals surface area contributed by atoms with E-state index in [1.165, 1.54) is 18.2 Å². The zero-order chi connectivity index (χ0) is 13.7. The number of hydrogen-bond donors (Lipinski definition) is 2. The van der Waals surface area contributed by atoms with E-state index >= 15 is 0 Å². The molecule has 0 aromatic heterocycles. The molecule has 3 N–H and O–H groups in total. The summed E-state index contributed by atoms with van der Waals surface area (Å²) in [4.78, 5) is 12.2. The molecule has 1 aromatic carbocycles. The van der Waals surface area contributed by atoms with Gasteiger partial charge in [0, 0.05) is 4.47 Å². The summed E-state index contributed by atoms with van der Waals surface area (Å²) in [5, 5.41) is 2.68. The summed E-state index contributed by atoms with van der Waals surface area (Å²) < 4.78 is 13.4. The van der Waals surface area contributed by atoms with E-state index in [1.807, 2.05) is 6.92 Å². The predicted octanol–water partition coefficient (Wildman–Crippen LogP) is 3.23. The summed E-state index contributed by atoms with van der Waals surface area (Å²) in [6, 6.07) is 4.04. The Morgan fingerprint density at radius 2 is 2.28 bits per heavy atom. The van der Waals surface area contributed by atoms with E-state index in [-0.39, 0.29) is 16.7 Å². The van der Waals surface area contributed by atoms with E-state index in [2.05, 4.69) is 21.2 Å².